The number of anilines is 1. The lowest BCUT2D eigenvalue weighted by Crippen LogP contribution is -2.12. The molecule has 15 heavy (non-hydrogen) atoms. The first-order valence-electron chi connectivity index (χ1n) is 5.30. The first-order chi connectivity index (χ1) is 7.07. The van der Waals surface area contributed by atoms with E-state index in [4.69, 9.17) is 11.6 Å². The van der Waals surface area contributed by atoms with E-state index in [1.807, 2.05) is 6.92 Å². The van der Waals surface area contributed by atoms with Gasteiger partial charge in [0, 0.05) is 11.6 Å². The molecule has 1 fully saturated rings. The molecule has 0 aliphatic heterocycles. The van der Waals surface area contributed by atoms with Gasteiger partial charge in [0.25, 0.3) is 0 Å². The van der Waals surface area contributed by atoms with Gasteiger partial charge in [-0.25, -0.2) is 9.97 Å². The summed E-state index contributed by atoms with van der Waals surface area (Å²) in [4.78, 5) is 8.15. The van der Waals surface area contributed by atoms with Gasteiger partial charge in [0.15, 0.2) is 0 Å². The van der Waals surface area contributed by atoms with E-state index in [1.54, 1.807) is 0 Å². The third-order valence-electron chi connectivity index (χ3n) is 3.49. The van der Waals surface area contributed by atoms with Crippen LogP contribution in [-0.4, -0.2) is 16.0 Å². The van der Waals surface area contributed by atoms with Gasteiger partial charge in [0.2, 0.25) is 0 Å². The summed E-state index contributed by atoms with van der Waals surface area (Å²) in [5, 5.41) is 3.96. The zero-order chi connectivity index (χ0) is 11.1. The molecule has 0 radical (unpaired) electrons. The summed E-state index contributed by atoms with van der Waals surface area (Å²) < 4.78 is 0. The normalized spacial score (nSPS) is 28.9. The molecule has 1 N–H and O–H groups in total. The van der Waals surface area contributed by atoms with Crippen molar-refractivity contribution in [2.24, 2.45) is 5.41 Å². The zero-order valence-corrected chi connectivity index (χ0v) is 10.1. The first kappa shape index (κ1) is 10.7. The molecule has 0 bridgehead atoms. The van der Waals surface area contributed by atoms with Gasteiger partial charge < -0.3 is 5.32 Å². The second kappa shape index (κ2) is 3.63. The molecule has 0 amide bonds. The summed E-state index contributed by atoms with van der Waals surface area (Å²) in [5.41, 5.74) is 1.37. The summed E-state index contributed by atoms with van der Waals surface area (Å²) >= 11 is 5.93. The number of halogens is 1. The van der Waals surface area contributed by atoms with E-state index in [0.717, 1.165) is 11.4 Å². The Hall–Kier alpha value is -0.830. The topological polar surface area (TPSA) is 37.8 Å². The van der Waals surface area contributed by atoms with E-state index in [2.05, 4.69) is 29.1 Å². The molecule has 0 spiro atoms. The van der Waals surface area contributed by atoms with E-state index in [-0.39, 0.29) is 0 Å². The minimum atomic E-state index is 0.434. The Morgan fingerprint density at radius 1 is 1.60 bits per heavy atom. The van der Waals surface area contributed by atoms with Crippen LogP contribution in [0.3, 0.4) is 0 Å². The van der Waals surface area contributed by atoms with Gasteiger partial charge in [-0.1, -0.05) is 25.4 Å². The third kappa shape index (κ3) is 1.93. The predicted molar refractivity (Wildman–Crippen MR) is 62.2 cm³/mol. The van der Waals surface area contributed by atoms with Crippen LogP contribution in [0, 0.1) is 12.3 Å². The van der Waals surface area contributed by atoms with Gasteiger partial charge in [-0.3, -0.25) is 0 Å². The Bertz CT molecular complexity index is 380. The second-order valence-corrected chi connectivity index (χ2v) is 4.90. The lowest BCUT2D eigenvalue weighted by Gasteiger charge is -2.11. The van der Waals surface area contributed by atoms with Crippen molar-refractivity contribution < 1.29 is 0 Å². The number of hydrogen-bond donors (Lipinski definition) is 1. The standard InChI is InChI=1S/C11H16ClN3/c1-4-11(3)5-8(11)15-10-7(2)9(12)13-6-14-10/h6,8H,4-5H2,1-3H3,(H,13,14,15). The van der Waals surface area contributed by atoms with Gasteiger partial charge in [0.1, 0.15) is 17.3 Å². The largest absolute Gasteiger partial charge is 0.366 e. The Balaban J connectivity index is 2.10. The fraction of sp³-hybridized carbons (Fsp3) is 0.636. The Kier molecular flexibility index (Phi) is 2.59. The SMILES string of the molecule is CCC1(C)CC1Nc1ncnc(Cl)c1C. The highest BCUT2D eigenvalue weighted by Gasteiger charge is 2.48. The molecule has 0 saturated heterocycles. The molecular formula is C11H16ClN3. The number of aromatic nitrogens is 2. The van der Waals surface area contributed by atoms with Crippen molar-refractivity contribution >= 4 is 17.4 Å². The van der Waals surface area contributed by atoms with Crippen molar-refractivity contribution in [3.63, 3.8) is 0 Å². The average Bonchev–Trinajstić information content (AvgIpc) is 2.86. The van der Waals surface area contributed by atoms with Gasteiger partial charge in [0.05, 0.1) is 0 Å². The number of hydrogen-bond acceptors (Lipinski definition) is 3. The molecule has 2 rings (SSSR count). The second-order valence-electron chi connectivity index (χ2n) is 4.55. The number of nitrogens with zero attached hydrogens (tertiary/aromatic N) is 2. The Labute approximate surface area is 95.3 Å². The van der Waals surface area contributed by atoms with Crippen LogP contribution in [0.1, 0.15) is 32.3 Å². The maximum absolute atomic E-state index is 5.93. The third-order valence-corrected chi connectivity index (χ3v) is 3.87. The Morgan fingerprint density at radius 3 is 2.93 bits per heavy atom. The summed E-state index contributed by atoms with van der Waals surface area (Å²) in [6, 6.07) is 0.534. The van der Waals surface area contributed by atoms with Gasteiger partial charge >= 0.3 is 0 Å². The van der Waals surface area contributed by atoms with E-state index < -0.39 is 0 Å². The minimum Gasteiger partial charge on any atom is -0.366 e. The molecule has 1 aliphatic rings. The monoisotopic (exact) mass is 225 g/mol. The summed E-state index contributed by atoms with van der Waals surface area (Å²) in [6.07, 6.45) is 3.91. The molecule has 2 unspecified atom stereocenters. The van der Waals surface area contributed by atoms with Crippen LogP contribution in [-0.2, 0) is 0 Å². The van der Waals surface area contributed by atoms with Crippen molar-refractivity contribution in [1.82, 2.24) is 9.97 Å². The van der Waals surface area contributed by atoms with Crippen LogP contribution in [0.15, 0.2) is 6.33 Å². The van der Waals surface area contributed by atoms with Crippen LogP contribution >= 0.6 is 11.6 Å². The van der Waals surface area contributed by atoms with Gasteiger partial charge in [-0.15, -0.1) is 0 Å². The van der Waals surface area contributed by atoms with E-state index >= 15 is 0 Å². The zero-order valence-electron chi connectivity index (χ0n) is 9.34. The lowest BCUT2D eigenvalue weighted by molar-refractivity contribution is 0.535. The highest BCUT2D eigenvalue weighted by molar-refractivity contribution is 6.30. The van der Waals surface area contributed by atoms with Crippen molar-refractivity contribution in [3.8, 4) is 0 Å². The molecule has 1 aromatic heterocycles. The fourth-order valence-corrected chi connectivity index (χ4v) is 1.90. The molecule has 4 heteroatoms. The van der Waals surface area contributed by atoms with Crippen LogP contribution in [0.4, 0.5) is 5.82 Å². The van der Waals surface area contributed by atoms with Crippen LogP contribution < -0.4 is 5.32 Å². The molecule has 1 saturated carbocycles. The van der Waals surface area contributed by atoms with Gasteiger partial charge in [-0.2, -0.15) is 0 Å². The van der Waals surface area contributed by atoms with Crippen LogP contribution in [0.5, 0.6) is 0 Å². The van der Waals surface area contributed by atoms with Crippen molar-refractivity contribution in [1.29, 1.82) is 0 Å². The van der Waals surface area contributed by atoms with E-state index in [1.165, 1.54) is 19.2 Å². The van der Waals surface area contributed by atoms with E-state index in [0.29, 0.717) is 16.6 Å². The molecule has 1 heterocycles. The maximum atomic E-state index is 5.93. The van der Waals surface area contributed by atoms with Crippen molar-refractivity contribution in [2.75, 3.05) is 5.32 Å². The number of nitrogens with one attached hydrogen (secondary N) is 1. The van der Waals surface area contributed by atoms with Crippen LogP contribution in [0.2, 0.25) is 5.15 Å². The van der Waals surface area contributed by atoms with Crippen molar-refractivity contribution in [2.45, 2.75) is 39.7 Å². The lowest BCUT2D eigenvalue weighted by atomic mass is 10.1. The molecule has 1 aliphatic carbocycles. The van der Waals surface area contributed by atoms with Gasteiger partial charge in [-0.05, 0) is 25.2 Å². The van der Waals surface area contributed by atoms with E-state index in [9.17, 15) is 0 Å². The molecule has 1 aromatic rings. The molecule has 2 atom stereocenters. The summed E-state index contributed by atoms with van der Waals surface area (Å²) in [5.74, 6) is 0.872. The van der Waals surface area contributed by atoms with Crippen molar-refractivity contribution in [3.05, 3.63) is 17.0 Å². The molecule has 3 nitrogen and oxygen atoms in total. The molecular weight excluding hydrogens is 210 g/mol. The first-order valence-corrected chi connectivity index (χ1v) is 5.68. The smallest absolute Gasteiger partial charge is 0.137 e. The van der Waals surface area contributed by atoms with Crippen LogP contribution in [0.25, 0.3) is 0 Å². The predicted octanol–water partition coefficient (Wildman–Crippen LogP) is 3.04. The average molecular weight is 226 g/mol. The highest BCUT2D eigenvalue weighted by Crippen LogP contribution is 2.49. The molecule has 0 aromatic carbocycles. The molecule has 82 valence electrons. The maximum Gasteiger partial charge on any atom is 0.137 e. The quantitative estimate of drug-likeness (QED) is 0.804. The minimum absolute atomic E-state index is 0.434. The fourth-order valence-electron chi connectivity index (χ4n) is 1.76. The number of rotatable bonds is 3. The highest BCUT2D eigenvalue weighted by atomic mass is 35.5. The summed E-state index contributed by atoms with van der Waals surface area (Å²) in [6.45, 7) is 6.46. The Morgan fingerprint density at radius 2 is 2.33 bits per heavy atom. The summed E-state index contributed by atoms with van der Waals surface area (Å²) in [7, 11) is 0.